The Morgan fingerprint density at radius 1 is 1.05 bits per heavy atom. The first-order valence-corrected chi connectivity index (χ1v) is 7.41. The van der Waals surface area contributed by atoms with Crippen LogP contribution in [0.15, 0.2) is 48.0 Å². The molecule has 0 spiro atoms. The lowest BCUT2D eigenvalue weighted by Crippen LogP contribution is -2.54. The van der Waals surface area contributed by atoms with E-state index in [-0.39, 0.29) is 5.57 Å². The highest BCUT2D eigenvalue weighted by molar-refractivity contribution is 7.12. The quantitative estimate of drug-likeness (QED) is 0.685. The summed E-state index contributed by atoms with van der Waals surface area (Å²) in [5, 5.41) is 2.20. The standard InChI is InChI=1S/C16H12N2O3S/c1-10-7-8-12(22-10)9-13-14(19)17-16(21)18(15(13)20)11-5-3-2-4-6-11/h2-9H,1H3,(H,17,19,21)/b13-9+. The van der Waals surface area contributed by atoms with E-state index in [1.807, 2.05) is 19.1 Å². The van der Waals surface area contributed by atoms with Gasteiger partial charge in [0.05, 0.1) is 5.69 Å². The van der Waals surface area contributed by atoms with Crippen molar-refractivity contribution in [2.75, 3.05) is 4.90 Å². The number of anilines is 1. The van der Waals surface area contributed by atoms with Crippen molar-refractivity contribution in [2.24, 2.45) is 0 Å². The van der Waals surface area contributed by atoms with Crippen LogP contribution in [0.2, 0.25) is 0 Å². The van der Waals surface area contributed by atoms with Crippen LogP contribution in [-0.4, -0.2) is 17.8 Å². The Bertz CT molecular complexity index is 793. The lowest BCUT2D eigenvalue weighted by atomic mass is 10.1. The third-order valence-corrected chi connectivity index (χ3v) is 4.11. The number of thiophene rings is 1. The smallest absolute Gasteiger partial charge is 0.273 e. The minimum atomic E-state index is -0.735. The number of benzene rings is 1. The molecule has 5 nitrogen and oxygen atoms in total. The molecule has 1 aliphatic rings. The van der Waals surface area contributed by atoms with Gasteiger partial charge in [0.2, 0.25) is 0 Å². The predicted octanol–water partition coefficient (Wildman–Crippen LogP) is 2.72. The van der Waals surface area contributed by atoms with Gasteiger partial charge in [-0.05, 0) is 37.3 Å². The Kier molecular flexibility index (Phi) is 3.60. The first-order chi connectivity index (χ1) is 10.6. The number of carbonyl (C=O) groups is 3. The zero-order valence-electron chi connectivity index (χ0n) is 11.7. The van der Waals surface area contributed by atoms with Gasteiger partial charge in [0.1, 0.15) is 5.57 Å². The fraction of sp³-hybridized carbons (Fsp3) is 0.0625. The van der Waals surface area contributed by atoms with Crippen LogP contribution >= 0.6 is 11.3 Å². The molecule has 1 aromatic heterocycles. The number of amides is 4. The van der Waals surface area contributed by atoms with Gasteiger partial charge in [-0.1, -0.05) is 18.2 Å². The average molecular weight is 312 g/mol. The molecule has 6 heteroatoms. The molecule has 1 N–H and O–H groups in total. The second kappa shape index (κ2) is 5.57. The number of para-hydroxylation sites is 1. The van der Waals surface area contributed by atoms with Crippen molar-refractivity contribution in [3.05, 3.63) is 57.8 Å². The number of carbonyl (C=O) groups excluding carboxylic acids is 3. The molecule has 0 unspecified atom stereocenters. The molecule has 4 amide bonds. The third-order valence-electron chi connectivity index (χ3n) is 3.16. The zero-order valence-corrected chi connectivity index (χ0v) is 12.5. The summed E-state index contributed by atoms with van der Waals surface area (Å²) >= 11 is 1.47. The zero-order chi connectivity index (χ0) is 15.7. The van der Waals surface area contributed by atoms with Crippen molar-refractivity contribution in [1.29, 1.82) is 0 Å². The molecule has 22 heavy (non-hydrogen) atoms. The topological polar surface area (TPSA) is 66.5 Å². The Balaban J connectivity index is 2.01. The van der Waals surface area contributed by atoms with Crippen LogP contribution in [-0.2, 0) is 9.59 Å². The molecular formula is C16H12N2O3S. The van der Waals surface area contributed by atoms with Crippen LogP contribution in [0.25, 0.3) is 6.08 Å². The number of urea groups is 1. The molecule has 0 aliphatic carbocycles. The van der Waals surface area contributed by atoms with Crippen molar-refractivity contribution >= 4 is 40.9 Å². The highest BCUT2D eigenvalue weighted by Crippen LogP contribution is 2.23. The van der Waals surface area contributed by atoms with Gasteiger partial charge in [-0.15, -0.1) is 11.3 Å². The van der Waals surface area contributed by atoms with Gasteiger partial charge in [-0.3, -0.25) is 14.9 Å². The van der Waals surface area contributed by atoms with E-state index in [2.05, 4.69) is 5.32 Å². The van der Waals surface area contributed by atoms with Gasteiger partial charge >= 0.3 is 6.03 Å². The number of aryl methyl sites for hydroxylation is 1. The van der Waals surface area contributed by atoms with E-state index < -0.39 is 17.8 Å². The Morgan fingerprint density at radius 3 is 2.41 bits per heavy atom. The summed E-state index contributed by atoms with van der Waals surface area (Å²) in [5.74, 6) is -1.29. The largest absolute Gasteiger partial charge is 0.335 e. The van der Waals surface area contributed by atoms with Gasteiger partial charge in [-0.25, -0.2) is 9.69 Å². The summed E-state index contributed by atoms with van der Waals surface area (Å²) in [5.41, 5.74) is 0.371. The maximum atomic E-state index is 12.5. The van der Waals surface area contributed by atoms with E-state index in [9.17, 15) is 14.4 Å². The molecule has 110 valence electrons. The molecule has 0 radical (unpaired) electrons. The van der Waals surface area contributed by atoms with Crippen LogP contribution in [0, 0.1) is 6.92 Å². The van der Waals surface area contributed by atoms with Crippen LogP contribution in [0.3, 0.4) is 0 Å². The molecule has 0 atom stereocenters. The van der Waals surface area contributed by atoms with Crippen LogP contribution in [0.5, 0.6) is 0 Å². The highest BCUT2D eigenvalue weighted by atomic mass is 32.1. The normalized spacial score (nSPS) is 17.0. The monoisotopic (exact) mass is 312 g/mol. The fourth-order valence-electron chi connectivity index (χ4n) is 2.14. The predicted molar refractivity (Wildman–Crippen MR) is 84.5 cm³/mol. The molecule has 3 rings (SSSR count). The summed E-state index contributed by atoms with van der Waals surface area (Å²) in [7, 11) is 0. The molecule has 1 saturated heterocycles. The fourth-order valence-corrected chi connectivity index (χ4v) is 2.96. The van der Waals surface area contributed by atoms with Crippen molar-refractivity contribution in [1.82, 2.24) is 5.32 Å². The molecular weight excluding hydrogens is 300 g/mol. The first kappa shape index (κ1) is 14.2. The van der Waals surface area contributed by atoms with Gasteiger partial charge in [-0.2, -0.15) is 0 Å². The van der Waals surface area contributed by atoms with E-state index >= 15 is 0 Å². The lowest BCUT2D eigenvalue weighted by molar-refractivity contribution is -0.122. The summed E-state index contributed by atoms with van der Waals surface area (Å²) in [6.07, 6.45) is 1.51. The lowest BCUT2D eigenvalue weighted by Gasteiger charge is -2.26. The first-order valence-electron chi connectivity index (χ1n) is 6.59. The molecule has 1 fully saturated rings. The van der Waals surface area contributed by atoms with E-state index in [0.717, 1.165) is 14.7 Å². The maximum Gasteiger partial charge on any atom is 0.335 e. The maximum absolute atomic E-state index is 12.5. The second-order valence-electron chi connectivity index (χ2n) is 4.74. The molecule has 1 aromatic carbocycles. The SMILES string of the molecule is Cc1ccc(/C=C2\C(=O)NC(=O)N(c3ccccc3)C2=O)s1. The third kappa shape index (κ3) is 2.56. The average Bonchev–Trinajstić information content (AvgIpc) is 2.90. The number of nitrogens with zero attached hydrogens (tertiary/aromatic N) is 1. The molecule has 1 aliphatic heterocycles. The van der Waals surface area contributed by atoms with E-state index in [1.165, 1.54) is 17.4 Å². The van der Waals surface area contributed by atoms with Crippen molar-refractivity contribution in [3.8, 4) is 0 Å². The van der Waals surface area contributed by atoms with Crippen LogP contribution < -0.4 is 10.2 Å². The number of hydrogen-bond acceptors (Lipinski definition) is 4. The number of rotatable bonds is 2. The minimum absolute atomic E-state index is 0.0506. The van der Waals surface area contributed by atoms with Crippen molar-refractivity contribution in [3.63, 3.8) is 0 Å². The molecule has 0 saturated carbocycles. The van der Waals surface area contributed by atoms with Gasteiger partial charge < -0.3 is 0 Å². The van der Waals surface area contributed by atoms with Crippen molar-refractivity contribution < 1.29 is 14.4 Å². The number of nitrogens with one attached hydrogen (secondary N) is 1. The molecule has 0 bridgehead atoms. The molecule has 2 aromatic rings. The highest BCUT2D eigenvalue weighted by Gasteiger charge is 2.36. The number of barbiturate groups is 1. The molecule has 2 heterocycles. The second-order valence-corrected chi connectivity index (χ2v) is 6.06. The van der Waals surface area contributed by atoms with Gasteiger partial charge in [0.15, 0.2) is 0 Å². The Labute approximate surface area is 130 Å². The van der Waals surface area contributed by atoms with Gasteiger partial charge in [0.25, 0.3) is 11.8 Å². The summed E-state index contributed by atoms with van der Waals surface area (Å²) in [6.45, 7) is 1.94. The van der Waals surface area contributed by atoms with Gasteiger partial charge in [0, 0.05) is 9.75 Å². The Hall–Kier alpha value is -2.73. The Morgan fingerprint density at radius 2 is 1.77 bits per heavy atom. The summed E-state index contributed by atoms with van der Waals surface area (Å²) < 4.78 is 0. The van der Waals surface area contributed by atoms with E-state index in [0.29, 0.717) is 5.69 Å². The number of hydrogen-bond donors (Lipinski definition) is 1. The van der Waals surface area contributed by atoms with Crippen LogP contribution in [0.1, 0.15) is 9.75 Å². The van der Waals surface area contributed by atoms with E-state index in [1.54, 1.807) is 30.3 Å². The summed E-state index contributed by atoms with van der Waals surface area (Å²) in [6, 6.07) is 11.5. The van der Waals surface area contributed by atoms with Crippen molar-refractivity contribution in [2.45, 2.75) is 6.92 Å². The number of imide groups is 2. The van der Waals surface area contributed by atoms with E-state index in [4.69, 9.17) is 0 Å². The van der Waals surface area contributed by atoms with Crippen LogP contribution in [0.4, 0.5) is 10.5 Å². The minimum Gasteiger partial charge on any atom is -0.273 e. The summed E-state index contributed by atoms with van der Waals surface area (Å²) in [4.78, 5) is 39.3.